The van der Waals surface area contributed by atoms with E-state index in [1.165, 1.54) is 4.90 Å². The van der Waals surface area contributed by atoms with Crippen LogP contribution in [-0.2, 0) is 23.9 Å². The molecule has 1 aromatic rings. The van der Waals surface area contributed by atoms with E-state index in [-0.39, 0.29) is 37.5 Å². The second-order valence-corrected chi connectivity index (χ2v) is 12.3. The van der Waals surface area contributed by atoms with Crippen molar-refractivity contribution in [1.29, 1.82) is 0 Å². The summed E-state index contributed by atoms with van der Waals surface area (Å²) >= 11 is 6.13. The summed E-state index contributed by atoms with van der Waals surface area (Å²) in [5.41, 5.74) is -1.51. The number of ether oxygens (including phenoxy) is 2. The second-order valence-electron chi connectivity index (χ2n) is 11.9. The number of halogens is 1. The lowest BCUT2D eigenvalue weighted by atomic mass is 9.65. The predicted octanol–water partition coefficient (Wildman–Crippen LogP) is 4.93. The second kappa shape index (κ2) is 12.7. The molecule has 6 atom stereocenters. The van der Waals surface area contributed by atoms with Gasteiger partial charge in [0, 0.05) is 17.3 Å². The van der Waals surface area contributed by atoms with Gasteiger partial charge in [-0.1, -0.05) is 44.5 Å². The van der Waals surface area contributed by atoms with Crippen LogP contribution in [0.4, 0.5) is 5.69 Å². The summed E-state index contributed by atoms with van der Waals surface area (Å²) in [5, 5.41) is 11.1. The number of aliphatic hydroxyl groups excluding tert-OH is 1. The summed E-state index contributed by atoms with van der Waals surface area (Å²) in [6, 6.07) is 5.27. The highest BCUT2D eigenvalue weighted by molar-refractivity contribution is 6.30. The fourth-order valence-electron chi connectivity index (χ4n) is 7.22. The van der Waals surface area contributed by atoms with E-state index < -0.39 is 41.1 Å². The number of nitrogens with zero attached hydrogens (tertiary/aromatic N) is 2. The van der Waals surface area contributed by atoms with E-state index in [4.69, 9.17) is 21.1 Å². The third kappa shape index (κ3) is 5.46. The summed E-state index contributed by atoms with van der Waals surface area (Å²) in [6.45, 7) is 13.6. The molecule has 8 nitrogen and oxygen atoms in total. The highest BCUT2D eigenvalue weighted by atomic mass is 35.5. The van der Waals surface area contributed by atoms with Gasteiger partial charge in [0.05, 0.1) is 30.8 Å². The Kier molecular flexibility index (Phi) is 9.66. The highest BCUT2D eigenvalue weighted by Gasteiger charge is 2.79. The smallest absolute Gasteiger partial charge is 0.312 e. The molecule has 0 saturated carbocycles. The van der Waals surface area contributed by atoms with Crippen LogP contribution in [0.5, 0.6) is 0 Å². The van der Waals surface area contributed by atoms with Gasteiger partial charge >= 0.3 is 5.97 Å². The first kappa shape index (κ1) is 31.3. The Bertz CT molecular complexity index is 1160. The number of rotatable bonds is 14. The molecule has 0 aliphatic carbocycles. The molecule has 1 aromatic carbocycles. The molecule has 3 saturated heterocycles. The first-order valence-corrected chi connectivity index (χ1v) is 15.1. The number of unbranched alkanes of at least 4 members (excludes halogenated alkanes) is 1. The quantitative estimate of drug-likeness (QED) is 0.189. The van der Waals surface area contributed by atoms with Gasteiger partial charge in [-0.15, -0.1) is 13.2 Å². The van der Waals surface area contributed by atoms with Crippen molar-refractivity contribution in [2.75, 3.05) is 24.7 Å². The van der Waals surface area contributed by atoms with Gasteiger partial charge in [-0.25, -0.2) is 0 Å². The molecule has 2 unspecified atom stereocenters. The molecule has 1 N–H and O–H groups in total. The number of amides is 2. The number of carbonyl (C=O) groups excluding carboxylic acids is 3. The van der Waals surface area contributed by atoms with Crippen LogP contribution in [0.1, 0.15) is 59.3 Å². The number of aliphatic hydroxyl groups is 1. The molecule has 3 aliphatic heterocycles. The van der Waals surface area contributed by atoms with Gasteiger partial charge in [0.2, 0.25) is 5.91 Å². The molecular weight excluding hydrogens is 544 g/mol. The van der Waals surface area contributed by atoms with Crippen molar-refractivity contribution in [2.45, 2.75) is 82.6 Å². The van der Waals surface area contributed by atoms with Crippen molar-refractivity contribution in [1.82, 2.24) is 4.90 Å². The molecule has 4 rings (SSSR count). The number of fused-ring (bicyclic) bond motifs is 1. The van der Waals surface area contributed by atoms with Gasteiger partial charge in [0.15, 0.2) is 0 Å². The lowest BCUT2D eigenvalue weighted by Crippen LogP contribution is -2.59. The number of likely N-dealkylation sites (tertiary alicyclic amines) is 1. The number of allylic oxidation sites excluding steroid dienone is 1. The van der Waals surface area contributed by atoms with E-state index in [9.17, 15) is 19.5 Å². The third-order valence-corrected chi connectivity index (χ3v) is 9.22. The molecule has 2 amide bonds. The number of esters is 1. The SMILES string of the molecule is C=CCCCOC(=O)[C@H]1[C@H]2C(=O)N([C@@H](CO)CC(C)C)C(C(=O)N(CC=C)c3ccc(Cl)cc3)C23CC[C@]1(CC)O3. The fourth-order valence-corrected chi connectivity index (χ4v) is 7.34. The van der Waals surface area contributed by atoms with E-state index in [1.807, 2.05) is 20.8 Å². The van der Waals surface area contributed by atoms with Gasteiger partial charge in [-0.3, -0.25) is 14.4 Å². The Hall–Kier alpha value is -2.68. The molecule has 3 aliphatic rings. The van der Waals surface area contributed by atoms with Crippen LogP contribution >= 0.6 is 11.6 Å². The molecule has 1 spiro atoms. The molecule has 2 bridgehead atoms. The van der Waals surface area contributed by atoms with Crippen LogP contribution in [0.3, 0.4) is 0 Å². The molecule has 224 valence electrons. The van der Waals surface area contributed by atoms with Gasteiger partial charge < -0.3 is 24.4 Å². The third-order valence-electron chi connectivity index (χ3n) is 8.97. The minimum absolute atomic E-state index is 0.152. The topological polar surface area (TPSA) is 96.4 Å². The molecule has 3 fully saturated rings. The molecule has 9 heteroatoms. The predicted molar refractivity (Wildman–Crippen MR) is 158 cm³/mol. The summed E-state index contributed by atoms with van der Waals surface area (Å²) in [7, 11) is 0. The zero-order valence-electron chi connectivity index (χ0n) is 24.4. The van der Waals surface area contributed by atoms with E-state index in [0.29, 0.717) is 49.2 Å². The summed E-state index contributed by atoms with van der Waals surface area (Å²) < 4.78 is 12.5. The number of benzene rings is 1. The molecule has 0 aromatic heterocycles. The van der Waals surface area contributed by atoms with Crippen molar-refractivity contribution in [3.05, 3.63) is 54.6 Å². The van der Waals surface area contributed by atoms with Gasteiger partial charge in [0.1, 0.15) is 17.6 Å². The molecular formula is C32H43ClN2O6. The average molecular weight is 587 g/mol. The van der Waals surface area contributed by atoms with Crippen molar-refractivity contribution >= 4 is 35.1 Å². The van der Waals surface area contributed by atoms with Gasteiger partial charge in [-0.2, -0.15) is 0 Å². The number of anilines is 1. The first-order chi connectivity index (χ1) is 19.6. The van der Waals surface area contributed by atoms with Crippen LogP contribution in [0, 0.1) is 17.8 Å². The lowest BCUT2D eigenvalue weighted by molar-refractivity contribution is -0.162. The lowest BCUT2D eigenvalue weighted by Gasteiger charge is -2.40. The standard InChI is InChI=1S/C32H43ClN2O6/c1-6-9-10-18-40-30(39)26-25-28(37)35(24(20-36)19-21(4)5)27(32(25)16-15-31(26,8-3)41-32)29(38)34(17-7-2)23-13-11-22(33)12-14-23/h6-7,11-14,21,24-27,36H,1-2,8-10,15-20H2,3-5H3/t24-,25+,26-,27?,31+,32?/m1/s1. The Balaban J connectivity index is 1.81. The summed E-state index contributed by atoms with van der Waals surface area (Å²) in [5.74, 6) is -2.69. The first-order valence-electron chi connectivity index (χ1n) is 14.7. The van der Waals surface area contributed by atoms with Crippen LogP contribution in [0.15, 0.2) is 49.6 Å². The van der Waals surface area contributed by atoms with Crippen LogP contribution < -0.4 is 4.90 Å². The Morgan fingerprint density at radius 2 is 1.95 bits per heavy atom. The fraction of sp³-hybridized carbons (Fsp3) is 0.594. The van der Waals surface area contributed by atoms with Gasteiger partial charge in [0.25, 0.3) is 5.91 Å². The maximum Gasteiger partial charge on any atom is 0.312 e. The minimum Gasteiger partial charge on any atom is -0.465 e. The number of hydrogen-bond donors (Lipinski definition) is 1. The van der Waals surface area contributed by atoms with Crippen molar-refractivity contribution in [3.63, 3.8) is 0 Å². The largest absolute Gasteiger partial charge is 0.465 e. The monoisotopic (exact) mass is 586 g/mol. The Morgan fingerprint density at radius 3 is 2.54 bits per heavy atom. The Labute approximate surface area is 248 Å². The average Bonchev–Trinajstić information content (AvgIpc) is 3.56. The number of carbonyl (C=O) groups is 3. The highest BCUT2D eigenvalue weighted by Crippen LogP contribution is 2.65. The van der Waals surface area contributed by atoms with Crippen molar-refractivity contribution in [2.24, 2.45) is 17.8 Å². The van der Waals surface area contributed by atoms with Crippen molar-refractivity contribution in [3.8, 4) is 0 Å². The van der Waals surface area contributed by atoms with Crippen LogP contribution in [0.2, 0.25) is 5.02 Å². The Morgan fingerprint density at radius 1 is 1.24 bits per heavy atom. The zero-order chi connectivity index (χ0) is 29.9. The summed E-state index contributed by atoms with van der Waals surface area (Å²) in [4.78, 5) is 45.9. The minimum atomic E-state index is -1.22. The molecule has 41 heavy (non-hydrogen) atoms. The van der Waals surface area contributed by atoms with Crippen LogP contribution in [-0.4, -0.2) is 70.8 Å². The van der Waals surface area contributed by atoms with E-state index in [2.05, 4.69) is 13.2 Å². The summed E-state index contributed by atoms with van der Waals surface area (Å²) in [6.07, 6.45) is 6.73. The van der Waals surface area contributed by atoms with E-state index in [0.717, 1.165) is 0 Å². The normalized spacial score (nSPS) is 29.0. The van der Waals surface area contributed by atoms with Crippen LogP contribution in [0.25, 0.3) is 0 Å². The maximum absolute atomic E-state index is 14.7. The van der Waals surface area contributed by atoms with Gasteiger partial charge in [-0.05, 0) is 68.7 Å². The van der Waals surface area contributed by atoms with E-state index >= 15 is 0 Å². The maximum atomic E-state index is 14.7. The number of hydrogen-bond acceptors (Lipinski definition) is 6. The molecule has 0 radical (unpaired) electrons. The zero-order valence-corrected chi connectivity index (χ0v) is 25.1. The molecule has 3 heterocycles. The van der Waals surface area contributed by atoms with Crippen molar-refractivity contribution < 1.29 is 29.0 Å². The van der Waals surface area contributed by atoms with E-state index in [1.54, 1.807) is 41.3 Å².